The lowest BCUT2D eigenvalue weighted by Gasteiger charge is -2.38. The van der Waals surface area contributed by atoms with Gasteiger partial charge in [0.2, 0.25) is 29.5 Å². The molecule has 66 heavy (non-hydrogen) atoms. The Labute approximate surface area is 393 Å². The van der Waals surface area contributed by atoms with E-state index < -0.39 is 24.2 Å². The second-order valence-corrected chi connectivity index (χ2v) is 20.5. The molecule has 0 spiro atoms. The van der Waals surface area contributed by atoms with Gasteiger partial charge in [-0.25, -0.2) is 0 Å². The van der Waals surface area contributed by atoms with E-state index in [1.165, 1.54) is 34.2 Å². The summed E-state index contributed by atoms with van der Waals surface area (Å²) in [6, 6.07) is 10.7. The number of carbonyl (C=O) groups is 5. The molecule has 6 aliphatic rings. The molecule has 2 saturated carbocycles. The molecule has 360 valence electrons. The zero-order valence-corrected chi connectivity index (χ0v) is 40.2. The van der Waals surface area contributed by atoms with Crippen molar-refractivity contribution < 1.29 is 24.0 Å². The number of nitrogens with zero attached hydrogens (tertiary/aromatic N) is 2. The van der Waals surface area contributed by atoms with Gasteiger partial charge in [0.1, 0.15) is 18.1 Å². The van der Waals surface area contributed by atoms with Gasteiger partial charge in [0.05, 0.1) is 24.3 Å². The molecule has 13 heteroatoms. The van der Waals surface area contributed by atoms with E-state index in [0.717, 1.165) is 121 Å². The maximum atomic E-state index is 14.5. The third-order valence-electron chi connectivity index (χ3n) is 16.4. The summed E-state index contributed by atoms with van der Waals surface area (Å²) in [7, 11) is 3.52. The van der Waals surface area contributed by atoms with Gasteiger partial charge in [0.15, 0.2) is 0 Å². The largest absolute Gasteiger partial charge is 0.347 e. The molecule has 13 nitrogen and oxygen atoms in total. The molecule has 0 radical (unpaired) electrons. The van der Waals surface area contributed by atoms with Crippen molar-refractivity contribution in [1.82, 2.24) is 41.7 Å². The number of hydrogen-bond acceptors (Lipinski definition) is 8. The lowest BCUT2D eigenvalue weighted by Crippen LogP contribution is -2.58. The molecule has 8 rings (SSSR count). The third kappa shape index (κ3) is 10.5. The SMILES string of the molecule is CN[C@@H](C)C(=O)N[C@H](C(=O)N1CCC[C@H]1N[C@@H]1CCCc2c(-c3cccc4c3CCC[C@H]4NC(=O)[C@@H]3CCCN3C(=O)[C@@H](NC(=O)[C@H](C)NC)C3CCCCC3)cccc21)C1CCCCC1. The molecule has 0 aromatic heterocycles. The number of hydrogen-bond donors (Lipinski definition) is 6. The van der Waals surface area contributed by atoms with Gasteiger partial charge < -0.3 is 36.4 Å². The van der Waals surface area contributed by atoms with Crippen molar-refractivity contribution in [2.75, 3.05) is 27.2 Å². The van der Waals surface area contributed by atoms with Gasteiger partial charge in [-0.15, -0.1) is 0 Å². The third-order valence-corrected chi connectivity index (χ3v) is 16.4. The van der Waals surface area contributed by atoms with Crippen molar-refractivity contribution >= 4 is 29.5 Å². The van der Waals surface area contributed by atoms with E-state index in [2.05, 4.69) is 68.3 Å². The first kappa shape index (κ1) is 48.1. The summed E-state index contributed by atoms with van der Waals surface area (Å²) >= 11 is 0. The molecule has 2 aromatic rings. The van der Waals surface area contributed by atoms with Crippen LogP contribution >= 0.6 is 0 Å². The fraction of sp³-hybridized carbons (Fsp3) is 0.679. The first-order valence-electron chi connectivity index (χ1n) is 25.9. The summed E-state index contributed by atoms with van der Waals surface area (Å²) in [5.41, 5.74) is 7.56. The molecule has 0 unspecified atom stereocenters. The molecule has 4 fully saturated rings. The highest BCUT2D eigenvalue weighted by Gasteiger charge is 2.43. The zero-order valence-electron chi connectivity index (χ0n) is 40.2. The summed E-state index contributed by atoms with van der Waals surface area (Å²) in [5, 5.41) is 19.8. The zero-order chi connectivity index (χ0) is 46.3. The fourth-order valence-corrected chi connectivity index (χ4v) is 12.4. The quantitative estimate of drug-likeness (QED) is 0.125. The van der Waals surface area contributed by atoms with Crippen LogP contribution in [0.4, 0.5) is 0 Å². The molecule has 6 N–H and O–H groups in total. The van der Waals surface area contributed by atoms with Crippen LogP contribution in [0.15, 0.2) is 36.4 Å². The topological polar surface area (TPSA) is 164 Å². The van der Waals surface area contributed by atoms with Crippen LogP contribution in [0.2, 0.25) is 0 Å². The minimum absolute atomic E-state index is 0.0510. The van der Waals surface area contributed by atoms with Crippen LogP contribution in [0.25, 0.3) is 11.1 Å². The average molecular weight is 907 g/mol. The second-order valence-electron chi connectivity index (χ2n) is 20.5. The number of likely N-dealkylation sites (N-methyl/N-ethyl adjacent to an activating group) is 2. The molecule has 2 aromatic carbocycles. The Balaban J connectivity index is 0.980. The summed E-state index contributed by atoms with van der Waals surface area (Å²) in [4.78, 5) is 73.4. The summed E-state index contributed by atoms with van der Waals surface area (Å²) in [6.07, 6.45) is 19.1. The van der Waals surface area contributed by atoms with Gasteiger partial charge in [-0.3, -0.25) is 29.3 Å². The van der Waals surface area contributed by atoms with E-state index in [1.807, 2.05) is 11.8 Å². The van der Waals surface area contributed by atoms with E-state index in [-0.39, 0.29) is 65.7 Å². The molecule has 2 aliphatic heterocycles. The van der Waals surface area contributed by atoms with Gasteiger partial charge >= 0.3 is 0 Å². The van der Waals surface area contributed by atoms with Crippen LogP contribution in [0.5, 0.6) is 0 Å². The molecule has 2 saturated heterocycles. The van der Waals surface area contributed by atoms with Crippen molar-refractivity contribution in [1.29, 1.82) is 0 Å². The second kappa shape index (κ2) is 22.2. The van der Waals surface area contributed by atoms with Crippen LogP contribution < -0.4 is 31.9 Å². The Bertz CT molecular complexity index is 2050. The van der Waals surface area contributed by atoms with Crippen molar-refractivity contribution in [3.8, 4) is 11.1 Å². The first-order valence-corrected chi connectivity index (χ1v) is 25.9. The predicted molar refractivity (Wildman–Crippen MR) is 258 cm³/mol. The molecular formula is C53H78N8O5. The van der Waals surface area contributed by atoms with Crippen molar-refractivity contribution in [3.05, 3.63) is 58.7 Å². The fourth-order valence-electron chi connectivity index (χ4n) is 12.4. The highest BCUT2D eigenvalue weighted by atomic mass is 16.2. The van der Waals surface area contributed by atoms with Gasteiger partial charge in [-0.1, -0.05) is 74.9 Å². The number of fused-ring (bicyclic) bond motifs is 2. The van der Waals surface area contributed by atoms with E-state index in [0.29, 0.717) is 19.5 Å². The molecule has 5 amide bonds. The van der Waals surface area contributed by atoms with Crippen LogP contribution in [-0.2, 0) is 36.8 Å². The van der Waals surface area contributed by atoms with Gasteiger partial charge in [0, 0.05) is 19.1 Å². The summed E-state index contributed by atoms with van der Waals surface area (Å²) < 4.78 is 0. The molecule has 0 bridgehead atoms. The number of carbonyl (C=O) groups excluding carboxylic acids is 5. The van der Waals surface area contributed by atoms with Crippen molar-refractivity contribution in [3.63, 3.8) is 0 Å². The van der Waals surface area contributed by atoms with Crippen LogP contribution in [0, 0.1) is 11.8 Å². The highest BCUT2D eigenvalue weighted by molar-refractivity contribution is 5.94. The highest BCUT2D eigenvalue weighted by Crippen LogP contribution is 2.42. The van der Waals surface area contributed by atoms with Crippen LogP contribution in [0.3, 0.4) is 0 Å². The Kier molecular flexibility index (Phi) is 16.2. The smallest absolute Gasteiger partial charge is 0.246 e. The van der Waals surface area contributed by atoms with Crippen molar-refractivity contribution in [2.24, 2.45) is 11.8 Å². The van der Waals surface area contributed by atoms with Crippen LogP contribution in [0.1, 0.15) is 164 Å². The number of benzene rings is 2. The van der Waals surface area contributed by atoms with Gasteiger partial charge in [-0.2, -0.15) is 0 Å². The van der Waals surface area contributed by atoms with E-state index in [1.54, 1.807) is 25.9 Å². The lowest BCUT2D eigenvalue weighted by atomic mass is 9.78. The Morgan fingerprint density at radius 1 is 0.545 bits per heavy atom. The average Bonchev–Trinajstić information content (AvgIpc) is 4.05. The van der Waals surface area contributed by atoms with E-state index in [4.69, 9.17) is 0 Å². The standard InChI is InChI=1S/C53H78N8O5/c1-33(54-3)49(62)58-47(35-17-7-5-8-18-35)52(65)60-31-15-29-45(60)51(64)57-44-28-14-24-40-38(22-12-26-42(40)44)37-21-11-25-41-39(37)23-13-27-43(41)56-46-30-16-32-61(46)53(66)48(36-19-9-6-10-20-36)59-50(63)34(2)55-4/h11-12,21-22,25-26,33-36,43-48,54-56H,5-10,13-20,23-24,27-32H2,1-4H3,(H,57,64)(H,58,62)(H,59,63)/t33-,34-,43+,44+,45-,46-,47-,48-/m0/s1. The molecular weight excluding hydrogens is 829 g/mol. The normalized spacial score (nSPS) is 25.5. The first-order chi connectivity index (χ1) is 32.1. The monoisotopic (exact) mass is 907 g/mol. The van der Waals surface area contributed by atoms with Crippen molar-refractivity contribution in [2.45, 2.75) is 191 Å². The predicted octanol–water partition coefficient (Wildman–Crippen LogP) is 6.10. The minimum Gasteiger partial charge on any atom is -0.347 e. The lowest BCUT2D eigenvalue weighted by molar-refractivity contribution is -0.143. The van der Waals surface area contributed by atoms with Gasteiger partial charge in [-0.05, 0) is 163 Å². The summed E-state index contributed by atoms with van der Waals surface area (Å²) in [6.45, 7) is 4.85. The van der Waals surface area contributed by atoms with Gasteiger partial charge in [0.25, 0.3) is 0 Å². The number of likely N-dealkylation sites (tertiary alicyclic amines) is 2. The maximum absolute atomic E-state index is 14.5. The molecule has 8 atom stereocenters. The van der Waals surface area contributed by atoms with E-state index >= 15 is 0 Å². The minimum atomic E-state index is -0.628. The number of amides is 5. The Hall–Kier alpha value is -4.33. The van der Waals surface area contributed by atoms with Crippen LogP contribution in [-0.4, -0.2) is 103 Å². The Morgan fingerprint density at radius 2 is 1.03 bits per heavy atom. The number of nitrogens with one attached hydrogen (secondary N) is 6. The molecule has 2 heterocycles. The maximum Gasteiger partial charge on any atom is 0.246 e. The molecule has 4 aliphatic carbocycles. The van der Waals surface area contributed by atoms with E-state index in [9.17, 15) is 24.0 Å². The number of rotatable bonds is 15. The Morgan fingerprint density at radius 3 is 1.58 bits per heavy atom. The summed E-state index contributed by atoms with van der Waals surface area (Å²) in [5.74, 6) is -0.257.